The lowest BCUT2D eigenvalue weighted by Crippen LogP contribution is -2.16. The molecule has 9 rings (SSSR count). The molecule has 224 valence electrons. The number of anilines is 3. The van der Waals surface area contributed by atoms with Gasteiger partial charge in [0.2, 0.25) is 0 Å². The van der Waals surface area contributed by atoms with Gasteiger partial charge in [-0.3, -0.25) is 0 Å². The number of nitrogens with zero attached hydrogens (tertiary/aromatic N) is 2. The molecule has 2 heteroatoms. The van der Waals surface area contributed by atoms with Crippen molar-refractivity contribution >= 4 is 38.9 Å². The third kappa shape index (κ3) is 4.33. The maximum atomic E-state index is 2.40. The molecule has 2 nitrogen and oxygen atoms in total. The highest BCUT2D eigenvalue weighted by Crippen LogP contribution is 2.50. The summed E-state index contributed by atoms with van der Waals surface area (Å²) in [6.45, 7) is 4.69. The highest BCUT2D eigenvalue weighted by Gasteiger charge is 2.35. The molecule has 0 radical (unpaired) electrons. The summed E-state index contributed by atoms with van der Waals surface area (Å²) in [6, 6.07) is 61.8. The number of hydrogen-bond acceptors (Lipinski definition) is 1. The normalized spacial score (nSPS) is 13.1. The average molecular weight is 603 g/mol. The summed E-state index contributed by atoms with van der Waals surface area (Å²) in [5.74, 6) is 0. The Morgan fingerprint density at radius 3 is 1.83 bits per heavy atom. The Morgan fingerprint density at radius 2 is 1.02 bits per heavy atom. The molecule has 7 aromatic carbocycles. The number of benzene rings is 7. The zero-order chi connectivity index (χ0) is 31.5. The van der Waals surface area contributed by atoms with Crippen LogP contribution in [0.25, 0.3) is 49.7 Å². The summed E-state index contributed by atoms with van der Waals surface area (Å²) in [5.41, 5.74) is 14.8. The van der Waals surface area contributed by atoms with E-state index in [1.165, 1.54) is 60.9 Å². The van der Waals surface area contributed by atoms with Gasteiger partial charge in [-0.2, -0.15) is 0 Å². The topological polar surface area (TPSA) is 8.17 Å². The third-order valence-electron chi connectivity index (χ3n) is 9.99. The SMILES string of the molecule is CC1(C)c2ccccc2-c2ccc(N(c3ccccc3)c3ccc(-c4ccc5c6ccccc6n(-c6ccccc6)c5c4)cc3)cc21. The van der Waals surface area contributed by atoms with Crippen LogP contribution in [0.1, 0.15) is 25.0 Å². The fraction of sp³-hybridized carbons (Fsp3) is 0.0667. The van der Waals surface area contributed by atoms with Crippen molar-refractivity contribution in [2.45, 2.75) is 19.3 Å². The summed E-state index contributed by atoms with van der Waals surface area (Å²) in [5, 5.41) is 2.54. The van der Waals surface area contributed by atoms with Gasteiger partial charge in [-0.05, 0) is 94.0 Å². The Hall–Kier alpha value is -5.86. The van der Waals surface area contributed by atoms with E-state index in [0.717, 1.165) is 17.1 Å². The van der Waals surface area contributed by atoms with Crippen LogP contribution in [0.3, 0.4) is 0 Å². The molecule has 0 fully saturated rings. The quantitative estimate of drug-likeness (QED) is 0.190. The fourth-order valence-corrected chi connectivity index (χ4v) is 7.66. The molecule has 0 amide bonds. The van der Waals surface area contributed by atoms with Crippen LogP contribution < -0.4 is 4.90 Å². The summed E-state index contributed by atoms with van der Waals surface area (Å²) >= 11 is 0. The third-order valence-corrected chi connectivity index (χ3v) is 9.99. The number of para-hydroxylation sites is 3. The van der Waals surface area contributed by atoms with Gasteiger partial charge in [-0.1, -0.05) is 123 Å². The molecule has 1 aromatic heterocycles. The van der Waals surface area contributed by atoms with Crippen molar-refractivity contribution in [3.63, 3.8) is 0 Å². The van der Waals surface area contributed by atoms with E-state index in [0.29, 0.717) is 0 Å². The average Bonchev–Trinajstić information content (AvgIpc) is 3.58. The van der Waals surface area contributed by atoms with E-state index >= 15 is 0 Å². The molecule has 0 saturated heterocycles. The van der Waals surface area contributed by atoms with E-state index < -0.39 is 0 Å². The van der Waals surface area contributed by atoms with Crippen LogP contribution in [-0.2, 0) is 5.41 Å². The van der Waals surface area contributed by atoms with E-state index in [4.69, 9.17) is 0 Å². The maximum Gasteiger partial charge on any atom is 0.0547 e. The van der Waals surface area contributed by atoms with Gasteiger partial charge in [-0.25, -0.2) is 0 Å². The molecule has 0 aliphatic heterocycles. The van der Waals surface area contributed by atoms with Gasteiger partial charge >= 0.3 is 0 Å². The van der Waals surface area contributed by atoms with Crippen LogP contribution in [0.15, 0.2) is 170 Å². The van der Waals surface area contributed by atoms with Crippen LogP contribution in [0.2, 0.25) is 0 Å². The van der Waals surface area contributed by atoms with Crippen molar-refractivity contribution in [3.8, 4) is 27.9 Å². The molecule has 1 aliphatic rings. The molecule has 1 aliphatic carbocycles. The van der Waals surface area contributed by atoms with E-state index in [1.807, 2.05) is 0 Å². The minimum Gasteiger partial charge on any atom is -0.310 e. The minimum absolute atomic E-state index is 0.0605. The standard InChI is InChI=1S/C45H34N2/c1-45(2)41-19-11-9-17-37(41)38-28-26-36(30-42(38)45)46(33-13-5-3-6-14-33)35-24-21-31(22-25-35)32-23-27-40-39-18-10-12-20-43(39)47(44(40)29-32)34-15-7-4-8-16-34/h3-30H,1-2H3. The molecule has 0 saturated carbocycles. The van der Waals surface area contributed by atoms with Gasteiger partial charge in [0.05, 0.1) is 11.0 Å². The van der Waals surface area contributed by atoms with E-state index in [1.54, 1.807) is 0 Å². The van der Waals surface area contributed by atoms with Crippen molar-refractivity contribution < 1.29 is 0 Å². The Morgan fingerprint density at radius 1 is 0.426 bits per heavy atom. The number of aromatic nitrogens is 1. The maximum absolute atomic E-state index is 2.40. The Balaban J connectivity index is 1.14. The first kappa shape index (κ1) is 27.5. The summed E-state index contributed by atoms with van der Waals surface area (Å²) < 4.78 is 2.38. The Bertz CT molecular complexity index is 2420. The first-order valence-corrected chi connectivity index (χ1v) is 16.4. The molecule has 0 spiro atoms. The highest BCUT2D eigenvalue weighted by atomic mass is 15.1. The molecule has 0 unspecified atom stereocenters. The molecule has 1 heterocycles. The fourth-order valence-electron chi connectivity index (χ4n) is 7.66. The Kier molecular flexibility index (Phi) is 6.20. The largest absolute Gasteiger partial charge is 0.310 e. The van der Waals surface area contributed by atoms with Gasteiger partial charge in [0, 0.05) is 38.9 Å². The lowest BCUT2D eigenvalue weighted by atomic mass is 9.82. The molecule has 0 N–H and O–H groups in total. The zero-order valence-corrected chi connectivity index (χ0v) is 26.6. The first-order valence-electron chi connectivity index (χ1n) is 16.4. The van der Waals surface area contributed by atoms with Crippen molar-refractivity contribution in [1.29, 1.82) is 0 Å². The molecule has 0 atom stereocenters. The summed E-state index contributed by atoms with van der Waals surface area (Å²) in [4.78, 5) is 2.37. The predicted octanol–water partition coefficient (Wildman–Crippen LogP) is 12.2. The molecular weight excluding hydrogens is 569 g/mol. The van der Waals surface area contributed by atoms with Gasteiger partial charge in [-0.15, -0.1) is 0 Å². The zero-order valence-electron chi connectivity index (χ0n) is 26.6. The van der Waals surface area contributed by atoms with E-state index in [2.05, 4.69) is 193 Å². The second kappa shape index (κ2) is 10.6. The first-order chi connectivity index (χ1) is 23.1. The van der Waals surface area contributed by atoms with Crippen molar-refractivity contribution in [1.82, 2.24) is 4.57 Å². The monoisotopic (exact) mass is 602 g/mol. The van der Waals surface area contributed by atoms with E-state index in [-0.39, 0.29) is 5.41 Å². The second-order valence-corrected chi connectivity index (χ2v) is 13.0. The highest BCUT2D eigenvalue weighted by molar-refractivity contribution is 6.10. The van der Waals surface area contributed by atoms with Gasteiger partial charge in [0.25, 0.3) is 0 Å². The van der Waals surface area contributed by atoms with Gasteiger partial charge < -0.3 is 9.47 Å². The number of hydrogen-bond donors (Lipinski definition) is 0. The number of fused-ring (bicyclic) bond motifs is 6. The second-order valence-electron chi connectivity index (χ2n) is 13.0. The lowest BCUT2D eigenvalue weighted by molar-refractivity contribution is 0.660. The van der Waals surface area contributed by atoms with Crippen LogP contribution in [0, 0.1) is 0 Å². The lowest BCUT2D eigenvalue weighted by Gasteiger charge is -2.28. The van der Waals surface area contributed by atoms with Crippen molar-refractivity contribution in [2.75, 3.05) is 4.90 Å². The molecule has 0 bridgehead atoms. The molecule has 47 heavy (non-hydrogen) atoms. The van der Waals surface area contributed by atoms with Crippen LogP contribution in [0.4, 0.5) is 17.1 Å². The van der Waals surface area contributed by atoms with Crippen LogP contribution in [-0.4, -0.2) is 4.57 Å². The van der Waals surface area contributed by atoms with E-state index in [9.17, 15) is 0 Å². The van der Waals surface area contributed by atoms with Gasteiger partial charge in [0.1, 0.15) is 0 Å². The number of rotatable bonds is 5. The molecule has 8 aromatic rings. The van der Waals surface area contributed by atoms with Crippen LogP contribution >= 0.6 is 0 Å². The smallest absolute Gasteiger partial charge is 0.0547 e. The van der Waals surface area contributed by atoms with Crippen LogP contribution in [0.5, 0.6) is 0 Å². The van der Waals surface area contributed by atoms with Crippen molar-refractivity contribution in [3.05, 3.63) is 181 Å². The van der Waals surface area contributed by atoms with Crippen molar-refractivity contribution in [2.24, 2.45) is 0 Å². The minimum atomic E-state index is -0.0605. The summed E-state index contributed by atoms with van der Waals surface area (Å²) in [7, 11) is 0. The Labute approximate surface area is 275 Å². The summed E-state index contributed by atoms with van der Waals surface area (Å²) in [6.07, 6.45) is 0. The predicted molar refractivity (Wildman–Crippen MR) is 198 cm³/mol. The molecular formula is C45H34N2. The van der Waals surface area contributed by atoms with Gasteiger partial charge in [0.15, 0.2) is 0 Å².